The lowest BCUT2D eigenvalue weighted by Crippen LogP contribution is -2.38. The Hall–Kier alpha value is -3.37. The third-order valence-corrected chi connectivity index (χ3v) is 5.35. The molecular formula is C22H22N2O7S. The summed E-state index contributed by atoms with van der Waals surface area (Å²) in [7, 11) is 2.48. The van der Waals surface area contributed by atoms with E-state index < -0.39 is 17.9 Å². The molecule has 0 saturated heterocycles. The minimum atomic E-state index is -0.671. The van der Waals surface area contributed by atoms with Crippen molar-refractivity contribution >= 4 is 35.4 Å². The zero-order valence-corrected chi connectivity index (χ0v) is 18.6. The summed E-state index contributed by atoms with van der Waals surface area (Å²) in [6.45, 7) is 2.02. The molecule has 32 heavy (non-hydrogen) atoms. The molecule has 2 heterocycles. The van der Waals surface area contributed by atoms with Gasteiger partial charge in [-0.15, -0.1) is 0 Å². The highest BCUT2D eigenvalue weighted by molar-refractivity contribution is 7.99. The highest BCUT2D eigenvalue weighted by Gasteiger charge is 2.32. The minimum absolute atomic E-state index is 0.0512. The minimum Gasteiger partial charge on any atom is -0.466 e. The molecule has 1 aromatic carbocycles. The van der Waals surface area contributed by atoms with Gasteiger partial charge in [0.1, 0.15) is 17.5 Å². The summed E-state index contributed by atoms with van der Waals surface area (Å²) >= 11 is 1.33. The van der Waals surface area contributed by atoms with Crippen LogP contribution in [-0.2, 0) is 28.5 Å². The molecule has 0 saturated carbocycles. The van der Waals surface area contributed by atoms with Crippen molar-refractivity contribution in [3.05, 3.63) is 59.4 Å². The first-order valence-electron chi connectivity index (χ1n) is 9.64. The summed E-state index contributed by atoms with van der Waals surface area (Å²) in [5.74, 6) is -1.75. The van der Waals surface area contributed by atoms with Crippen molar-refractivity contribution < 1.29 is 33.3 Å². The topological polar surface area (TPSA) is 104 Å². The fourth-order valence-corrected chi connectivity index (χ4v) is 3.86. The lowest BCUT2D eigenvalue weighted by molar-refractivity contribution is -0.140. The van der Waals surface area contributed by atoms with E-state index in [2.05, 4.69) is 4.98 Å². The second-order valence-electron chi connectivity index (χ2n) is 6.42. The molecule has 0 radical (unpaired) electrons. The first kappa shape index (κ1) is 23.3. The van der Waals surface area contributed by atoms with E-state index in [1.165, 1.54) is 32.2 Å². The van der Waals surface area contributed by atoms with Gasteiger partial charge in [-0.2, -0.15) is 0 Å². The van der Waals surface area contributed by atoms with Crippen molar-refractivity contribution in [3.63, 3.8) is 0 Å². The number of pyridine rings is 1. The maximum atomic E-state index is 12.5. The lowest BCUT2D eigenvalue weighted by atomic mass is 10.1. The predicted octanol–water partition coefficient (Wildman–Crippen LogP) is 2.80. The van der Waals surface area contributed by atoms with Crippen molar-refractivity contribution in [3.8, 4) is 0 Å². The van der Waals surface area contributed by atoms with Crippen LogP contribution in [0.1, 0.15) is 17.3 Å². The standard InChI is InChI=1S/C22H22N2O7S/c1-4-31-20(25)14-8-9-23-18(10-14)32-16-7-5-6-15(11-16)24-13-30-12-17(21(26)28-2)19(24)22(27)29-3/h5-11H,4,12-13H2,1-3H3. The molecule has 0 unspecified atom stereocenters. The molecular weight excluding hydrogens is 436 g/mol. The summed E-state index contributed by atoms with van der Waals surface area (Å²) < 4.78 is 20.2. The van der Waals surface area contributed by atoms with Gasteiger partial charge in [-0.05, 0) is 37.3 Å². The zero-order valence-electron chi connectivity index (χ0n) is 17.8. The number of hydrogen-bond donors (Lipinski definition) is 0. The van der Waals surface area contributed by atoms with Crippen LogP contribution in [0, 0.1) is 0 Å². The van der Waals surface area contributed by atoms with E-state index in [4.69, 9.17) is 18.9 Å². The van der Waals surface area contributed by atoms with Gasteiger partial charge in [0.25, 0.3) is 0 Å². The molecule has 10 heteroatoms. The Labute approximate surface area is 189 Å². The molecule has 0 fully saturated rings. The van der Waals surface area contributed by atoms with E-state index in [1.54, 1.807) is 36.1 Å². The summed E-state index contributed by atoms with van der Waals surface area (Å²) in [4.78, 5) is 43.3. The smallest absolute Gasteiger partial charge is 0.355 e. The highest BCUT2D eigenvalue weighted by atomic mass is 32.2. The van der Waals surface area contributed by atoms with Crippen LogP contribution in [0.25, 0.3) is 0 Å². The van der Waals surface area contributed by atoms with Crippen LogP contribution in [0.15, 0.2) is 63.8 Å². The first-order valence-corrected chi connectivity index (χ1v) is 10.5. The number of esters is 3. The number of aromatic nitrogens is 1. The number of hydrogen-bond acceptors (Lipinski definition) is 10. The third-order valence-electron chi connectivity index (χ3n) is 4.43. The van der Waals surface area contributed by atoms with Gasteiger partial charge in [0, 0.05) is 16.8 Å². The van der Waals surface area contributed by atoms with Crippen LogP contribution in [0.5, 0.6) is 0 Å². The maximum absolute atomic E-state index is 12.5. The first-order chi connectivity index (χ1) is 15.5. The number of benzene rings is 1. The molecule has 0 amide bonds. The number of carbonyl (C=O) groups is 3. The molecule has 0 spiro atoms. The quantitative estimate of drug-likeness (QED) is 0.454. The Kier molecular flexibility index (Phi) is 7.85. The molecule has 0 N–H and O–H groups in total. The van der Waals surface area contributed by atoms with E-state index >= 15 is 0 Å². The van der Waals surface area contributed by atoms with Gasteiger partial charge in [0.15, 0.2) is 0 Å². The van der Waals surface area contributed by atoms with Gasteiger partial charge in [0.2, 0.25) is 0 Å². The molecule has 1 aliphatic heterocycles. The summed E-state index contributed by atoms with van der Waals surface area (Å²) in [6.07, 6.45) is 1.54. The molecule has 0 aliphatic carbocycles. The summed E-state index contributed by atoms with van der Waals surface area (Å²) in [6, 6.07) is 10.5. The Balaban J connectivity index is 1.91. The molecule has 2 aromatic rings. The van der Waals surface area contributed by atoms with Crippen LogP contribution in [0.4, 0.5) is 5.69 Å². The second-order valence-corrected chi connectivity index (χ2v) is 7.51. The number of nitrogens with zero attached hydrogens (tertiary/aromatic N) is 2. The fourth-order valence-electron chi connectivity index (χ4n) is 2.99. The van der Waals surface area contributed by atoms with Crippen molar-refractivity contribution in [2.45, 2.75) is 16.8 Å². The molecule has 1 aromatic heterocycles. The second kappa shape index (κ2) is 10.8. The highest BCUT2D eigenvalue weighted by Crippen LogP contribution is 2.32. The Bertz CT molecular complexity index is 1050. The average molecular weight is 458 g/mol. The van der Waals surface area contributed by atoms with E-state index in [1.807, 2.05) is 12.1 Å². The molecule has 168 valence electrons. The number of methoxy groups -OCH3 is 2. The summed E-state index contributed by atoms with van der Waals surface area (Å²) in [5.41, 5.74) is 1.16. The zero-order chi connectivity index (χ0) is 23.1. The van der Waals surface area contributed by atoms with E-state index in [9.17, 15) is 14.4 Å². The predicted molar refractivity (Wildman–Crippen MR) is 115 cm³/mol. The number of anilines is 1. The largest absolute Gasteiger partial charge is 0.466 e. The Morgan fingerprint density at radius 1 is 1.09 bits per heavy atom. The molecule has 3 rings (SSSR count). The van der Waals surface area contributed by atoms with Gasteiger partial charge in [-0.25, -0.2) is 19.4 Å². The number of ether oxygens (including phenoxy) is 4. The third kappa shape index (κ3) is 5.27. The molecule has 0 bridgehead atoms. The van der Waals surface area contributed by atoms with E-state index in [0.717, 1.165) is 4.90 Å². The Morgan fingerprint density at radius 2 is 1.88 bits per heavy atom. The monoisotopic (exact) mass is 458 g/mol. The van der Waals surface area contributed by atoms with Crippen LogP contribution in [0.2, 0.25) is 0 Å². The Morgan fingerprint density at radius 3 is 2.59 bits per heavy atom. The molecule has 1 aliphatic rings. The van der Waals surface area contributed by atoms with Gasteiger partial charge in [0.05, 0.1) is 38.6 Å². The van der Waals surface area contributed by atoms with E-state index in [-0.39, 0.29) is 31.2 Å². The van der Waals surface area contributed by atoms with Crippen LogP contribution >= 0.6 is 11.8 Å². The van der Waals surface area contributed by atoms with Crippen molar-refractivity contribution in [2.24, 2.45) is 0 Å². The molecule has 9 nitrogen and oxygen atoms in total. The van der Waals surface area contributed by atoms with Gasteiger partial charge >= 0.3 is 17.9 Å². The molecule has 0 atom stereocenters. The average Bonchev–Trinajstić information content (AvgIpc) is 2.83. The normalized spacial score (nSPS) is 13.5. The van der Waals surface area contributed by atoms with Crippen LogP contribution in [-0.4, -0.2) is 57.1 Å². The number of carbonyl (C=O) groups excluding carboxylic acids is 3. The maximum Gasteiger partial charge on any atom is 0.355 e. The van der Waals surface area contributed by atoms with E-state index in [0.29, 0.717) is 16.3 Å². The SMILES string of the molecule is CCOC(=O)c1ccnc(Sc2cccc(N3COCC(C(=O)OC)=C3C(=O)OC)c2)c1. The summed E-state index contributed by atoms with van der Waals surface area (Å²) in [5, 5.41) is 0.599. The van der Waals surface area contributed by atoms with Gasteiger partial charge < -0.3 is 23.8 Å². The lowest BCUT2D eigenvalue weighted by Gasteiger charge is -2.31. The van der Waals surface area contributed by atoms with Gasteiger partial charge in [-0.3, -0.25) is 0 Å². The van der Waals surface area contributed by atoms with Crippen molar-refractivity contribution in [1.29, 1.82) is 0 Å². The van der Waals surface area contributed by atoms with Crippen molar-refractivity contribution in [1.82, 2.24) is 4.98 Å². The number of rotatable bonds is 7. The van der Waals surface area contributed by atoms with Gasteiger partial charge in [-0.1, -0.05) is 17.8 Å². The van der Waals surface area contributed by atoms with Crippen LogP contribution < -0.4 is 4.90 Å². The van der Waals surface area contributed by atoms with Crippen LogP contribution in [0.3, 0.4) is 0 Å². The van der Waals surface area contributed by atoms with Crippen molar-refractivity contribution in [2.75, 3.05) is 39.1 Å². The fraction of sp³-hybridized carbons (Fsp3) is 0.273.